The summed E-state index contributed by atoms with van der Waals surface area (Å²) in [5, 5.41) is 0. The zero-order valence-electron chi connectivity index (χ0n) is 13.2. The Morgan fingerprint density at radius 1 is 1.17 bits per heavy atom. The van der Waals surface area contributed by atoms with Crippen LogP contribution >= 0.6 is 0 Å². The second-order valence-corrected chi connectivity index (χ2v) is 6.15. The fraction of sp³-hybridized carbons (Fsp3) is 0.353. The number of anilines is 1. The van der Waals surface area contributed by atoms with Gasteiger partial charge in [0.1, 0.15) is 5.82 Å². The average molecular weight is 308 g/mol. The lowest BCUT2D eigenvalue weighted by Crippen LogP contribution is -2.40. The predicted octanol–water partition coefficient (Wildman–Crippen LogP) is 1.96. The molecule has 0 radical (unpaired) electrons. The number of aryl methyl sites for hydroxylation is 1. The van der Waals surface area contributed by atoms with Crippen molar-refractivity contribution in [3.8, 4) is 11.3 Å². The van der Waals surface area contributed by atoms with E-state index in [9.17, 15) is 0 Å². The third kappa shape index (κ3) is 2.66. The first-order valence-corrected chi connectivity index (χ1v) is 7.95. The minimum Gasteiger partial charge on any atom is -0.355 e. The standard InChI is InChI=1S/C17H20N6/c1-22-11-20-14-3-2-12(8-16(14)22)15-9-19-10-17(21-15)23-6-4-13(18)5-7-23/h2-3,8-11,13H,4-7,18H2,1H3. The van der Waals surface area contributed by atoms with Crippen LogP contribution < -0.4 is 10.6 Å². The van der Waals surface area contributed by atoms with E-state index in [1.165, 1.54) is 0 Å². The van der Waals surface area contributed by atoms with E-state index in [1.54, 1.807) is 0 Å². The molecule has 2 N–H and O–H groups in total. The van der Waals surface area contributed by atoms with Gasteiger partial charge in [0.15, 0.2) is 0 Å². The first-order valence-electron chi connectivity index (χ1n) is 7.95. The second kappa shape index (κ2) is 5.62. The molecular formula is C17H20N6. The molecule has 0 amide bonds. The number of fused-ring (bicyclic) bond motifs is 1. The number of benzene rings is 1. The van der Waals surface area contributed by atoms with Crippen LogP contribution in [0.5, 0.6) is 0 Å². The minimum absolute atomic E-state index is 0.314. The molecule has 6 heteroatoms. The number of rotatable bonds is 2. The van der Waals surface area contributed by atoms with Crippen LogP contribution in [-0.4, -0.2) is 38.7 Å². The van der Waals surface area contributed by atoms with Gasteiger partial charge in [-0.25, -0.2) is 9.97 Å². The molecule has 1 saturated heterocycles. The number of hydrogen-bond acceptors (Lipinski definition) is 5. The number of imidazole rings is 1. The maximum atomic E-state index is 5.98. The SMILES string of the molecule is Cn1cnc2ccc(-c3cncc(N4CCC(N)CC4)n3)cc21. The molecule has 118 valence electrons. The first kappa shape index (κ1) is 14.1. The van der Waals surface area contributed by atoms with Crippen LogP contribution in [0.15, 0.2) is 36.9 Å². The Hall–Kier alpha value is -2.47. The summed E-state index contributed by atoms with van der Waals surface area (Å²) < 4.78 is 2.02. The maximum Gasteiger partial charge on any atom is 0.147 e. The van der Waals surface area contributed by atoms with Gasteiger partial charge < -0.3 is 15.2 Å². The minimum atomic E-state index is 0.314. The molecule has 6 nitrogen and oxygen atoms in total. The summed E-state index contributed by atoms with van der Waals surface area (Å²) >= 11 is 0. The van der Waals surface area contributed by atoms with Crippen LogP contribution in [-0.2, 0) is 7.05 Å². The van der Waals surface area contributed by atoms with Gasteiger partial charge >= 0.3 is 0 Å². The van der Waals surface area contributed by atoms with Crippen LogP contribution in [0.4, 0.5) is 5.82 Å². The topological polar surface area (TPSA) is 72.9 Å². The molecule has 0 aliphatic carbocycles. The highest BCUT2D eigenvalue weighted by molar-refractivity contribution is 5.81. The lowest BCUT2D eigenvalue weighted by atomic mass is 10.1. The van der Waals surface area contributed by atoms with E-state index in [0.29, 0.717) is 6.04 Å². The Balaban J connectivity index is 1.68. The van der Waals surface area contributed by atoms with Crippen LogP contribution in [0.3, 0.4) is 0 Å². The quantitative estimate of drug-likeness (QED) is 0.783. The fourth-order valence-electron chi connectivity index (χ4n) is 3.06. The third-order valence-corrected chi connectivity index (χ3v) is 4.51. The van der Waals surface area contributed by atoms with Crippen molar-refractivity contribution in [1.82, 2.24) is 19.5 Å². The monoisotopic (exact) mass is 308 g/mol. The molecule has 0 bridgehead atoms. The molecule has 3 heterocycles. The number of hydrogen-bond donors (Lipinski definition) is 1. The second-order valence-electron chi connectivity index (χ2n) is 6.15. The van der Waals surface area contributed by atoms with Gasteiger partial charge in [-0.3, -0.25) is 4.98 Å². The number of piperidine rings is 1. The number of aromatic nitrogens is 4. The molecule has 0 unspecified atom stereocenters. The van der Waals surface area contributed by atoms with Crippen molar-refractivity contribution in [1.29, 1.82) is 0 Å². The van der Waals surface area contributed by atoms with E-state index in [1.807, 2.05) is 36.4 Å². The van der Waals surface area contributed by atoms with Gasteiger partial charge in [0, 0.05) is 31.7 Å². The van der Waals surface area contributed by atoms with Gasteiger partial charge in [-0.15, -0.1) is 0 Å². The Kier molecular flexibility index (Phi) is 3.46. The van der Waals surface area contributed by atoms with Gasteiger partial charge in [-0.05, 0) is 25.0 Å². The molecule has 0 spiro atoms. The molecule has 3 aromatic rings. The summed E-state index contributed by atoms with van der Waals surface area (Å²) in [5.41, 5.74) is 10.0. The summed E-state index contributed by atoms with van der Waals surface area (Å²) in [5.74, 6) is 0.930. The molecule has 1 aliphatic rings. The summed E-state index contributed by atoms with van der Waals surface area (Å²) in [4.78, 5) is 15.8. The largest absolute Gasteiger partial charge is 0.355 e. The maximum absolute atomic E-state index is 5.98. The molecule has 0 atom stereocenters. The van der Waals surface area contributed by atoms with Gasteiger partial charge in [-0.1, -0.05) is 6.07 Å². The van der Waals surface area contributed by atoms with Crippen molar-refractivity contribution >= 4 is 16.9 Å². The van der Waals surface area contributed by atoms with E-state index < -0.39 is 0 Å². The molecule has 2 aromatic heterocycles. The Labute approximate surface area is 135 Å². The Bertz CT molecular complexity index is 832. The van der Waals surface area contributed by atoms with Gasteiger partial charge in [0.2, 0.25) is 0 Å². The van der Waals surface area contributed by atoms with Crippen molar-refractivity contribution in [2.45, 2.75) is 18.9 Å². The van der Waals surface area contributed by atoms with E-state index in [-0.39, 0.29) is 0 Å². The van der Waals surface area contributed by atoms with E-state index in [2.05, 4.69) is 27.0 Å². The normalized spacial score (nSPS) is 16.2. The van der Waals surface area contributed by atoms with Crippen LogP contribution in [0.2, 0.25) is 0 Å². The lowest BCUT2D eigenvalue weighted by Gasteiger charge is -2.30. The average Bonchev–Trinajstić information content (AvgIpc) is 2.96. The van der Waals surface area contributed by atoms with Gasteiger partial charge in [0.05, 0.1) is 35.4 Å². The van der Waals surface area contributed by atoms with Crippen LogP contribution in [0.1, 0.15) is 12.8 Å². The highest BCUT2D eigenvalue weighted by Gasteiger charge is 2.18. The molecule has 1 fully saturated rings. The Morgan fingerprint density at radius 2 is 2.00 bits per heavy atom. The molecule has 23 heavy (non-hydrogen) atoms. The van der Waals surface area contributed by atoms with E-state index in [4.69, 9.17) is 10.7 Å². The number of nitrogens with zero attached hydrogens (tertiary/aromatic N) is 5. The lowest BCUT2D eigenvalue weighted by molar-refractivity contribution is 0.498. The van der Waals surface area contributed by atoms with Crippen molar-refractivity contribution in [2.24, 2.45) is 12.8 Å². The van der Waals surface area contributed by atoms with Crippen molar-refractivity contribution < 1.29 is 0 Å². The summed E-state index contributed by atoms with van der Waals surface area (Å²) in [6.45, 7) is 1.89. The fourth-order valence-corrected chi connectivity index (χ4v) is 3.06. The zero-order chi connectivity index (χ0) is 15.8. The Morgan fingerprint density at radius 3 is 2.83 bits per heavy atom. The summed E-state index contributed by atoms with van der Waals surface area (Å²) in [7, 11) is 2.00. The molecule has 4 rings (SSSR count). The molecular weight excluding hydrogens is 288 g/mol. The smallest absolute Gasteiger partial charge is 0.147 e. The van der Waals surface area contributed by atoms with E-state index >= 15 is 0 Å². The summed E-state index contributed by atoms with van der Waals surface area (Å²) in [6, 6.07) is 6.51. The zero-order valence-corrected chi connectivity index (χ0v) is 13.2. The van der Waals surface area contributed by atoms with Gasteiger partial charge in [-0.2, -0.15) is 0 Å². The van der Waals surface area contributed by atoms with Crippen molar-refractivity contribution in [3.05, 3.63) is 36.9 Å². The highest BCUT2D eigenvalue weighted by atomic mass is 15.2. The first-order chi connectivity index (χ1) is 11.2. The summed E-state index contributed by atoms with van der Waals surface area (Å²) in [6.07, 6.45) is 7.49. The molecule has 1 aromatic carbocycles. The van der Waals surface area contributed by atoms with Crippen LogP contribution in [0, 0.1) is 0 Å². The van der Waals surface area contributed by atoms with Crippen molar-refractivity contribution in [2.75, 3.05) is 18.0 Å². The van der Waals surface area contributed by atoms with Crippen molar-refractivity contribution in [3.63, 3.8) is 0 Å². The third-order valence-electron chi connectivity index (χ3n) is 4.51. The number of nitrogens with two attached hydrogens (primary N) is 1. The predicted molar refractivity (Wildman–Crippen MR) is 91.2 cm³/mol. The van der Waals surface area contributed by atoms with Crippen LogP contribution in [0.25, 0.3) is 22.3 Å². The van der Waals surface area contributed by atoms with E-state index in [0.717, 1.165) is 54.0 Å². The van der Waals surface area contributed by atoms with Gasteiger partial charge in [0.25, 0.3) is 0 Å². The molecule has 0 saturated carbocycles. The highest BCUT2D eigenvalue weighted by Crippen LogP contribution is 2.24. The molecule has 1 aliphatic heterocycles.